The summed E-state index contributed by atoms with van der Waals surface area (Å²) in [7, 11) is 0. The Hall–Kier alpha value is -1.93. The van der Waals surface area contributed by atoms with Gasteiger partial charge in [0, 0.05) is 6.42 Å². The van der Waals surface area contributed by atoms with Crippen LogP contribution in [0.5, 0.6) is 0 Å². The first-order valence-corrected chi connectivity index (χ1v) is 9.33. The van der Waals surface area contributed by atoms with Crippen molar-refractivity contribution in [3.63, 3.8) is 0 Å². The lowest BCUT2D eigenvalue weighted by Crippen LogP contribution is -2.30. The number of aliphatic carboxylic acids is 2. The van der Waals surface area contributed by atoms with Crippen molar-refractivity contribution in [3.8, 4) is 0 Å². The molecule has 2 aromatic rings. The van der Waals surface area contributed by atoms with Crippen molar-refractivity contribution in [1.82, 2.24) is 0 Å². The minimum atomic E-state index is -1.62. The van der Waals surface area contributed by atoms with E-state index in [1.165, 1.54) is 24.3 Å². The summed E-state index contributed by atoms with van der Waals surface area (Å²) in [6.45, 7) is 0. The van der Waals surface area contributed by atoms with Crippen LogP contribution in [0.3, 0.4) is 0 Å². The van der Waals surface area contributed by atoms with E-state index in [0.29, 0.717) is 11.1 Å². The maximum atomic E-state index is 13.0. The highest BCUT2D eigenvalue weighted by Crippen LogP contribution is 2.45. The number of hydrogen-bond donors (Lipinski definition) is 3. The molecule has 2 rings (SSSR count). The number of carboxylic acid groups (broad SMARTS) is 2. The van der Waals surface area contributed by atoms with Crippen LogP contribution >= 0.6 is 34.8 Å². The van der Waals surface area contributed by atoms with E-state index in [-0.39, 0.29) is 24.5 Å². The number of hydrogen-bond acceptors (Lipinski definition) is 3. The van der Waals surface area contributed by atoms with Gasteiger partial charge in [0.1, 0.15) is 17.7 Å². The summed E-state index contributed by atoms with van der Waals surface area (Å²) in [4.78, 5) is 19.9. The first-order chi connectivity index (χ1) is 13.4. The highest BCUT2D eigenvalue weighted by Gasteiger charge is 2.35. The SMILES string of the molecule is Fc1ccc(C(c2ccc(F)cc2)C(Cl)(Cl)Cl)cc1.NC(CCC(=O)O)C(=O)O. The van der Waals surface area contributed by atoms with Crippen LogP contribution in [0.15, 0.2) is 48.5 Å². The van der Waals surface area contributed by atoms with Crippen molar-refractivity contribution >= 4 is 46.7 Å². The van der Waals surface area contributed by atoms with Crippen LogP contribution in [0, 0.1) is 11.6 Å². The molecule has 0 aliphatic heterocycles. The lowest BCUT2D eigenvalue weighted by atomic mass is 9.92. The number of alkyl halides is 3. The zero-order valence-corrected chi connectivity index (χ0v) is 17.1. The minimum absolute atomic E-state index is 0.0231. The summed E-state index contributed by atoms with van der Waals surface area (Å²) in [5.41, 5.74) is 6.29. The smallest absolute Gasteiger partial charge is 0.320 e. The van der Waals surface area contributed by atoms with Crippen LogP contribution < -0.4 is 5.73 Å². The Balaban J connectivity index is 0.000000359. The predicted molar refractivity (Wildman–Crippen MR) is 107 cm³/mol. The van der Waals surface area contributed by atoms with E-state index < -0.39 is 27.7 Å². The molecule has 158 valence electrons. The van der Waals surface area contributed by atoms with Crippen LogP contribution in [-0.4, -0.2) is 32.0 Å². The van der Waals surface area contributed by atoms with Crippen molar-refractivity contribution < 1.29 is 28.6 Å². The molecular weight excluding hydrogens is 451 g/mol. The quantitative estimate of drug-likeness (QED) is 0.532. The largest absolute Gasteiger partial charge is 0.481 e. The second-order valence-corrected chi connectivity index (χ2v) is 8.32. The number of carbonyl (C=O) groups is 2. The Kier molecular flexibility index (Phi) is 9.79. The van der Waals surface area contributed by atoms with Crippen molar-refractivity contribution in [2.24, 2.45) is 5.73 Å². The molecule has 29 heavy (non-hydrogen) atoms. The lowest BCUT2D eigenvalue weighted by molar-refractivity contribution is -0.139. The van der Waals surface area contributed by atoms with Gasteiger partial charge in [0.15, 0.2) is 0 Å². The van der Waals surface area contributed by atoms with Crippen molar-refractivity contribution in [1.29, 1.82) is 0 Å². The third kappa shape index (κ3) is 8.95. The lowest BCUT2D eigenvalue weighted by Gasteiger charge is -2.25. The Morgan fingerprint density at radius 3 is 1.55 bits per heavy atom. The van der Waals surface area contributed by atoms with Gasteiger partial charge in [-0.2, -0.15) is 0 Å². The summed E-state index contributed by atoms with van der Waals surface area (Å²) >= 11 is 18.0. The maximum Gasteiger partial charge on any atom is 0.320 e. The molecule has 4 N–H and O–H groups in total. The van der Waals surface area contributed by atoms with E-state index in [4.69, 9.17) is 50.7 Å². The fourth-order valence-electron chi connectivity index (χ4n) is 2.28. The molecule has 0 amide bonds. The Morgan fingerprint density at radius 2 is 1.28 bits per heavy atom. The fraction of sp³-hybridized carbons (Fsp3) is 0.263. The third-order valence-electron chi connectivity index (χ3n) is 3.72. The Labute approximate surface area is 181 Å². The number of rotatable bonds is 6. The summed E-state index contributed by atoms with van der Waals surface area (Å²) < 4.78 is 24.3. The molecule has 2 aromatic carbocycles. The van der Waals surface area contributed by atoms with E-state index in [0.717, 1.165) is 0 Å². The summed E-state index contributed by atoms with van der Waals surface area (Å²) in [5, 5.41) is 16.3. The molecule has 1 unspecified atom stereocenters. The van der Waals surface area contributed by atoms with Crippen molar-refractivity contribution in [3.05, 3.63) is 71.3 Å². The van der Waals surface area contributed by atoms with Gasteiger partial charge in [-0.25, -0.2) is 8.78 Å². The van der Waals surface area contributed by atoms with E-state index >= 15 is 0 Å². The van der Waals surface area contributed by atoms with E-state index in [1.54, 1.807) is 24.3 Å². The zero-order chi connectivity index (χ0) is 22.2. The van der Waals surface area contributed by atoms with Gasteiger partial charge in [-0.15, -0.1) is 0 Å². The highest BCUT2D eigenvalue weighted by atomic mass is 35.6. The summed E-state index contributed by atoms with van der Waals surface area (Å²) in [5.74, 6) is -3.53. The van der Waals surface area contributed by atoms with Gasteiger partial charge in [0.05, 0.1) is 5.92 Å². The number of halogens is 5. The van der Waals surface area contributed by atoms with Gasteiger partial charge >= 0.3 is 11.9 Å². The molecular formula is C19H18Cl3F2NO4. The molecule has 0 radical (unpaired) electrons. The van der Waals surface area contributed by atoms with Crippen LogP contribution in [0.25, 0.3) is 0 Å². The topological polar surface area (TPSA) is 101 Å². The molecule has 0 heterocycles. The molecule has 0 aliphatic carbocycles. The standard InChI is InChI=1S/C14H9Cl3F2.C5H9NO4/c15-14(16,17)13(9-1-5-11(18)6-2-9)10-3-7-12(19)8-4-10;6-3(5(9)10)1-2-4(7)8/h1-8,13H;3H,1-2,6H2,(H,7,8)(H,9,10). The maximum absolute atomic E-state index is 13.0. The van der Waals surface area contributed by atoms with E-state index in [2.05, 4.69) is 0 Å². The number of carboxylic acids is 2. The van der Waals surface area contributed by atoms with Gasteiger partial charge in [-0.05, 0) is 41.8 Å². The predicted octanol–water partition coefficient (Wildman–Crippen LogP) is 4.73. The molecule has 1 atom stereocenters. The van der Waals surface area contributed by atoms with Gasteiger partial charge in [0.2, 0.25) is 3.79 Å². The molecule has 10 heteroatoms. The minimum Gasteiger partial charge on any atom is -0.481 e. The van der Waals surface area contributed by atoms with Gasteiger partial charge in [-0.3, -0.25) is 9.59 Å². The van der Waals surface area contributed by atoms with Gasteiger partial charge < -0.3 is 15.9 Å². The second kappa shape index (κ2) is 11.3. The molecule has 0 fully saturated rings. The monoisotopic (exact) mass is 467 g/mol. The zero-order valence-electron chi connectivity index (χ0n) is 14.9. The van der Waals surface area contributed by atoms with Crippen LogP contribution in [0.1, 0.15) is 29.9 Å². The average molecular weight is 469 g/mol. The highest BCUT2D eigenvalue weighted by molar-refractivity contribution is 6.68. The van der Waals surface area contributed by atoms with Crippen LogP contribution in [0.4, 0.5) is 8.78 Å². The molecule has 0 saturated heterocycles. The third-order valence-corrected chi connectivity index (χ3v) is 4.38. The summed E-state index contributed by atoms with van der Waals surface area (Å²) in [6.07, 6.45) is -0.224. The normalized spacial score (nSPS) is 12.1. The Morgan fingerprint density at radius 1 is 0.897 bits per heavy atom. The first-order valence-electron chi connectivity index (χ1n) is 8.19. The molecule has 0 saturated carbocycles. The molecule has 0 aliphatic rings. The Bertz CT molecular complexity index is 766. The number of benzene rings is 2. The fourth-order valence-corrected chi connectivity index (χ4v) is 3.04. The van der Waals surface area contributed by atoms with Crippen LogP contribution in [-0.2, 0) is 9.59 Å². The molecule has 0 bridgehead atoms. The van der Waals surface area contributed by atoms with E-state index in [9.17, 15) is 18.4 Å². The first kappa shape index (κ1) is 25.1. The van der Waals surface area contributed by atoms with Crippen molar-refractivity contribution in [2.45, 2.75) is 28.6 Å². The van der Waals surface area contributed by atoms with Crippen molar-refractivity contribution in [2.75, 3.05) is 0 Å². The second-order valence-electron chi connectivity index (χ2n) is 5.95. The van der Waals surface area contributed by atoms with Gasteiger partial charge in [0.25, 0.3) is 0 Å². The molecule has 0 aromatic heterocycles. The summed E-state index contributed by atoms with van der Waals surface area (Å²) in [6, 6.07) is 10.3. The van der Waals surface area contributed by atoms with E-state index in [1.807, 2.05) is 0 Å². The van der Waals surface area contributed by atoms with Gasteiger partial charge in [-0.1, -0.05) is 59.1 Å². The molecule has 0 spiro atoms. The number of nitrogens with two attached hydrogens (primary N) is 1. The average Bonchev–Trinajstić information content (AvgIpc) is 2.62. The molecule has 5 nitrogen and oxygen atoms in total. The van der Waals surface area contributed by atoms with Crippen LogP contribution in [0.2, 0.25) is 0 Å².